The maximum absolute atomic E-state index is 13.0. The maximum atomic E-state index is 13.0. The third-order valence-electron chi connectivity index (χ3n) is 4.85. The summed E-state index contributed by atoms with van der Waals surface area (Å²) in [7, 11) is 2.02. The van der Waals surface area contributed by atoms with Gasteiger partial charge in [0, 0.05) is 23.5 Å². The van der Waals surface area contributed by atoms with Crippen molar-refractivity contribution in [2.24, 2.45) is 12.1 Å². The van der Waals surface area contributed by atoms with Gasteiger partial charge in [0.25, 0.3) is 0 Å². The summed E-state index contributed by atoms with van der Waals surface area (Å²) in [5, 5.41) is 5.25. The molecule has 4 aromatic rings. The van der Waals surface area contributed by atoms with Crippen molar-refractivity contribution in [3.8, 4) is 11.3 Å². The van der Waals surface area contributed by atoms with Gasteiger partial charge < -0.3 is 4.57 Å². The van der Waals surface area contributed by atoms with Crippen molar-refractivity contribution in [2.45, 2.75) is 6.42 Å². The van der Waals surface area contributed by atoms with Gasteiger partial charge in [-0.25, -0.2) is 9.82 Å². The lowest BCUT2D eigenvalue weighted by Crippen LogP contribution is -2.19. The number of fused-ring (bicyclic) bond motifs is 1. The van der Waals surface area contributed by atoms with Crippen LogP contribution in [-0.4, -0.2) is 16.7 Å². The zero-order valence-corrected chi connectivity index (χ0v) is 16.0. The van der Waals surface area contributed by atoms with Gasteiger partial charge in [0.15, 0.2) is 0 Å². The minimum absolute atomic E-state index is 0.138. The minimum Gasteiger partial charge on any atom is -0.343 e. The third-order valence-corrected chi connectivity index (χ3v) is 4.85. The SMILES string of the molecule is Cn1c(-c2ccccc2)c(/C=N/NC(=O)Cc2ccc(F)cc2)c2ccccc21. The monoisotopic (exact) mass is 385 g/mol. The van der Waals surface area contributed by atoms with Gasteiger partial charge in [-0.15, -0.1) is 0 Å². The van der Waals surface area contributed by atoms with Crippen molar-refractivity contribution in [1.29, 1.82) is 0 Å². The van der Waals surface area contributed by atoms with Crippen LogP contribution < -0.4 is 5.43 Å². The highest BCUT2D eigenvalue weighted by molar-refractivity contribution is 6.06. The first-order chi connectivity index (χ1) is 14.1. The lowest BCUT2D eigenvalue weighted by molar-refractivity contribution is -0.120. The Morgan fingerprint density at radius 3 is 2.45 bits per heavy atom. The van der Waals surface area contributed by atoms with Gasteiger partial charge >= 0.3 is 0 Å². The Morgan fingerprint density at radius 2 is 1.69 bits per heavy atom. The summed E-state index contributed by atoms with van der Waals surface area (Å²) < 4.78 is 15.1. The van der Waals surface area contributed by atoms with Crippen molar-refractivity contribution >= 4 is 23.0 Å². The summed E-state index contributed by atoms with van der Waals surface area (Å²) in [4.78, 5) is 12.2. The van der Waals surface area contributed by atoms with Crippen LogP contribution in [0.15, 0.2) is 84.0 Å². The fraction of sp³-hybridized carbons (Fsp3) is 0.0833. The second-order valence-corrected chi connectivity index (χ2v) is 6.80. The second kappa shape index (κ2) is 8.10. The zero-order valence-electron chi connectivity index (χ0n) is 16.0. The summed E-state index contributed by atoms with van der Waals surface area (Å²) in [6.07, 6.45) is 1.83. The Morgan fingerprint density at radius 1 is 1.00 bits per heavy atom. The molecule has 0 aliphatic rings. The van der Waals surface area contributed by atoms with Crippen molar-refractivity contribution in [3.63, 3.8) is 0 Å². The molecule has 0 spiro atoms. The minimum atomic E-state index is -0.323. The van der Waals surface area contributed by atoms with Gasteiger partial charge in [0.05, 0.1) is 18.3 Å². The number of nitrogens with zero attached hydrogens (tertiary/aromatic N) is 2. The summed E-state index contributed by atoms with van der Waals surface area (Å²) in [6, 6.07) is 24.1. The summed E-state index contributed by atoms with van der Waals surface area (Å²) in [6.45, 7) is 0. The molecule has 0 radical (unpaired) electrons. The van der Waals surface area contributed by atoms with E-state index >= 15 is 0 Å². The molecule has 0 fully saturated rings. The number of hydrazone groups is 1. The van der Waals surface area contributed by atoms with Crippen LogP contribution in [0, 0.1) is 5.82 Å². The van der Waals surface area contributed by atoms with E-state index in [9.17, 15) is 9.18 Å². The van der Waals surface area contributed by atoms with Gasteiger partial charge in [0.1, 0.15) is 5.82 Å². The number of nitrogens with one attached hydrogen (secondary N) is 1. The van der Waals surface area contributed by atoms with E-state index in [1.807, 2.05) is 43.4 Å². The molecule has 4 nitrogen and oxygen atoms in total. The quantitative estimate of drug-likeness (QED) is 0.394. The number of rotatable bonds is 5. The standard InChI is InChI=1S/C24H20FN3O/c1-28-22-10-6-5-9-20(22)21(24(28)18-7-3-2-4-8-18)16-26-27-23(29)15-17-11-13-19(25)14-12-17/h2-14,16H,15H2,1H3,(H,27,29)/b26-16+. The Hall–Kier alpha value is -3.73. The van der Waals surface area contributed by atoms with Crippen LogP contribution in [0.25, 0.3) is 22.2 Å². The Bertz CT molecular complexity index is 1180. The van der Waals surface area contributed by atoms with E-state index in [2.05, 4.69) is 33.3 Å². The van der Waals surface area contributed by atoms with E-state index in [1.54, 1.807) is 18.3 Å². The lowest BCUT2D eigenvalue weighted by Gasteiger charge is -2.06. The van der Waals surface area contributed by atoms with E-state index in [4.69, 9.17) is 0 Å². The smallest absolute Gasteiger partial charge is 0.244 e. The Kier molecular flexibility index (Phi) is 5.20. The molecule has 3 aromatic carbocycles. The predicted molar refractivity (Wildman–Crippen MR) is 114 cm³/mol. The fourth-order valence-electron chi connectivity index (χ4n) is 3.49. The molecule has 0 unspecified atom stereocenters. The number of halogens is 1. The van der Waals surface area contributed by atoms with Crippen molar-refractivity contribution < 1.29 is 9.18 Å². The van der Waals surface area contributed by atoms with E-state index in [0.29, 0.717) is 0 Å². The molecule has 29 heavy (non-hydrogen) atoms. The number of hydrogen-bond donors (Lipinski definition) is 1. The molecule has 1 heterocycles. The number of para-hydroxylation sites is 1. The lowest BCUT2D eigenvalue weighted by atomic mass is 10.1. The molecule has 5 heteroatoms. The summed E-state index contributed by atoms with van der Waals surface area (Å²) >= 11 is 0. The molecule has 144 valence electrons. The maximum Gasteiger partial charge on any atom is 0.244 e. The van der Waals surface area contributed by atoms with Gasteiger partial charge in [-0.05, 0) is 29.3 Å². The number of hydrogen-bond acceptors (Lipinski definition) is 2. The number of amides is 1. The third kappa shape index (κ3) is 3.94. The first-order valence-corrected chi connectivity index (χ1v) is 9.32. The molecule has 0 aliphatic heterocycles. The Balaban J connectivity index is 1.61. The highest BCUT2D eigenvalue weighted by Gasteiger charge is 2.15. The van der Waals surface area contributed by atoms with Gasteiger partial charge in [-0.1, -0.05) is 60.7 Å². The van der Waals surface area contributed by atoms with E-state index < -0.39 is 0 Å². The van der Waals surface area contributed by atoms with Crippen LogP contribution in [0.2, 0.25) is 0 Å². The topological polar surface area (TPSA) is 46.4 Å². The molecule has 4 rings (SSSR count). The van der Waals surface area contributed by atoms with E-state index in [-0.39, 0.29) is 18.1 Å². The number of benzene rings is 3. The number of aryl methyl sites for hydroxylation is 1. The first-order valence-electron chi connectivity index (χ1n) is 9.32. The van der Waals surface area contributed by atoms with Crippen LogP contribution in [-0.2, 0) is 18.3 Å². The normalized spacial score (nSPS) is 11.2. The van der Waals surface area contributed by atoms with Crippen LogP contribution in [0.4, 0.5) is 4.39 Å². The van der Waals surface area contributed by atoms with Crippen LogP contribution in [0.1, 0.15) is 11.1 Å². The van der Waals surface area contributed by atoms with E-state index in [0.717, 1.165) is 33.3 Å². The summed E-state index contributed by atoms with van der Waals surface area (Å²) in [5.74, 6) is -0.578. The average Bonchev–Trinajstić information content (AvgIpc) is 3.02. The van der Waals surface area contributed by atoms with Gasteiger partial charge in [0.2, 0.25) is 5.91 Å². The van der Waals surface area contributed by atoms with Crippen molar-refractivity contribution in [1.82, 2.24) is 9.99 Å². The highest BCUT2D eigenvalue weighted by atomic mass is 19.1. The average molecular weight is 385 g/mol. The second-order valence-electron chi connectivity index (χ2n) is 6.80. The van der Waals surface area contributed by atoms with Crippen LogP contribution in [0.5, 0.6) is 0 Å². The highest BCUT2D eigenvalue weighted by Crippen LogP contribution is 2.31. The van der Waals surface area contributed by atoms with Gasteiger partial charge in [-0.3, -0.25) is 4.79 Å². The largest absolute Gasteiger partial charge is 0.343 e. The van der Waals surface area contributed by atoms with Crippen molar-refractivity contribution in [3.05, 3.63) is 95.8 Å². The first kappa shape index (κ1) is 18.6. The van der Waals surface area contributed by atoms with Crippen molar-refractivity contribution in [2.75, 3.05) is 0 Å². The molecule has 1 N–H and O–H groups in total. The number of aromatic nitrogens is 1. The molecule has 0 atom stereocenters. The van der Waals surface area contributed by atoms with Crippen LogP contribution >= 0.6 is 0 Å². The molecule has 0 saturated heterocycles. The Labute approximate surface area is 168 Å². The van der Waals surface area contributed by atoms with Crippen LogP contribution in [0.3, 0.4) is 0 Å². The van der Waals surface area contributed by atoms with E-state index in [1.165, 1.54) is 12.1 Å². The zero-order chi connectivity index (χ0) is 20.2. The fourth-order valence-corrected chi connectivity index (χ4v) is 3.49. The molecule has 0 saturated carbocycles. The predicted octanol–water partition coefficient (Wildman–Crippen LogP) is 4.68. The molecule has 1 aromatic heterocycles. The summed E-state index contributed by atoms with van der Waals surface area (Å²) in [5.41, 5.74) is 7.44. The molecular weight excluding hydrogens is 365 g/mol. The molecule has 1 amide bonds. The number of carbonyl (C=O) groups excluding carboxylic acids is 1. The molecule has 0 bridgehead atoms. The molecule has 0 aliphatic carbocycles. The van der Waals surface area contributed by atoms with Gasteiger partial charge in [-0.2, -0.15) is 5.10 Å². The molecular formula is C24H20FN3O. The number of carbonyl (C=O) groups is 1.